The van der Waals surface area contributed by atoms with Gasteiger partial charge in [-0.15, -0.1) is 0 Å². The molecular weight excluding hydrogens is 162 g/mol. The normalized spacial score (nSPS) is 13.1. The summed E-state index contributed by atoms with van der Waals surface area (Å²) >= 11 is 0. The van der Waals surface area contributed by atoms with Gasteiger partial charge >= 0.3 is 5.97 Å². The summed E-state index contributed by atoms with van der Waals surface area (Å²) in [5.41, 5.74) is 0. The maximum atomic E-state index is 11.5. The van der Waals surface area contributed by atoms with Crippen LogP contribution in [0.1, 0.15) is 0 Å². The zero-order chi connectivity index (χ0) is 9.02. The van der Waals surface area contributed by atoms with Crippen LogP contribution in [0.2, 0.25) is 0 Å². The van der Waals surface area contributed by atoms with Crippen LogP contribution in [0.3, 0.4) is 0 Å². The molecule has 0 heterocycles. The third-order valence-electron chi connectivity index (χ3n) is 0.933. The highest BCUT2D eigenvalue weighted by molar-refractivity contribution is 6.02. The van der Waals surface area contributed by atoms with Crippen molar-refractivity contribution >= 4 is 11.8 Å². The smallest absolute Gasteiger partial charge is 0.340 e. The van der Waals surface area contributed by atoms with Crippen LogP contribution in [-0.4, -0.2) is 36.5 Å². The fraction of sp³-hybridized carbons (Fsp3) is 0.600. The molecule has 0 fully saturated rings. The summed E-state index contributed by atoms with van der Waals surface area (Å²) in [4.78, 5) is 20.3. The van der Waals surface area contributed by atoms with Crippen molar-refractivity contribution in [1.29, 1.82) is 0 Å². The SMILES string of the molecule is CO[C@H](C(=O)O)C(=O)C(F)F. The van der Waals surface area contributed by atoms with E-state index < -0.39 is 24.3 Å². The lowest BCUT2D eigenvalue weighted by Crippen LogP contribution is -2.35. The molecule has 0 aliphatic heterocycles. The molecule has 0 aromatic heterocycles. The monoisotopic (exact) mass is 168 g/mol. The van der Waals surface area contributed by atoms with Gasteiger partial charge in [0.15, 0.2) is 0 Å². The molecule has 0 rings (SSSR count). The Labute approximate surface area is 60.8 Å². The summed E-state index contributed by atoms with van der Waals surface area (Å²) in [6.45, 7) is 0. The third-order valence-corrected chi connectivity index (χ3v) is 0.933. The number of ketones is 1. The van der Waals surface area contributed by atoms with Crippen molar-refractivity contribution in [3.8, 4) is 0 Å². The summed E-state index contributed by atoms with van der Waals surface area (Å²) in [6.07, 6.45) is -5.37. The molecule has 0 aromatic rings. The Balaban J connectivity index is 4.27. The van der Waals surface area contributed by atoms with E-state index in [1.807, 2.05) is 0 Å². The molecular formula is C5H6F2O4. The predicted molar refractivity (Wildman–Crippen MR) is 29.4 cm³/mol. The average molecular weight is 168 g/mol. The number of alkyl halides is 2. The maximum Gasteiger partial charge on any atom is 0.340 e. The number of carboxylic acid groups (broad SMARTS) is 1. The van der Waals surface area contributed by atoms with Gasteiger partial charge < -0.3 is 9.84 Å². The second kappa shape index (κ2) is 3.97. The van der Waals surface area contributed by atoms with Gasteiger partial charge in [-0.2, -0.15) is 0 Å². The Bertz CT molecular complexity index is 168. The lowest BCUT2D eigenvalue weighted by molar-refractivity contribution is -0.158. The fourth-order valence-electron chi connectivity index (χ4n) is 0.453. The first-order chi connectivity index (χ1) is 5.00. The number of Topliss-reactive ketones (excluding diaryl/α,β-unsaturated/α-hetero) is 1. The molecule has 1 N–H and O–H groups in total. The van der Waals surface area contributed by atoms with Gasteiger partial charge in [-0.3, -0.25) is 4.79 Å². The van der Waals surface area contributed by atoms with Crippen LogP contribution in [0.5, 0.6) is 0 Å². The van der Waals surface area contributed by atoms with E-state index in [0.717, 1.165) is 7.11 Å². The number of hydrogen-bond acceptors (Lipinski definition) is 3. The summed E-state index contributed by atoms with van der Waals surface area (Å²) < 4.78 is 27.1. The molecule has 0 aromatic carbocycles. The van der Waals surface area contributed by atoms with Crippen molar-refractivity contribution < 1.29 is 28.2 Å². The summed E-state index contributed by atoms with van der Waals surface area (Å²) in [5.74, 6) is -3.45. The minimum atomic E-state index is -3.31. The first-order valence-electron chi connectivity index (χ1n) is 2.58. The number of carbonyl (C=O) groups excluding carboxylic acids is 1. The molecule has 0 radical (unpaired) electrons. The minimum absolute atomic E-state index is 0.874. The molecule has 0 aliphatic rings. The van der Waals surface area contributed by atoms with Crippen LogP contribution in [0.15, 0.2) is 0 Å². The highest BCUT2D eigenvalue weighted by atomic mass is 19.3. The van der Waals surface area contributed by atoms with E-state index in [9.17, 15) is 18.4 Å². The first-order valence-corrected chi connectivity index (χ1v) is 2.58. The van der Waals surface area contributed by atoms with Crippen LogP contribution in [0.25, 0.3) is 0 Å². The van der Waals surface area contributed by atoms with Crippen molar-refractivity contribution in [3.05, 3.63) is 0 Å². The van der Waals surface area contributed by atoms with E-state index in [1.165, 1.54) is 0 Å². The number of carbonyl (C=O) groups is 2. The zero-order valence-electron chi connectivity index (χ0n) is 5.58. The van der Waals surface area contributed by atoms with Crippen LogP contribution < -0.4 is 0 Å². The van der Waals surface area contributed by atoms with Crippen LogP contribution in [0.4, 0.5) is 8.78 Å². The summed E-state index contributed by atoms with van der Waals surface area (Å²) in [6, 6.07) is 0. The summed E-state index contributed by atoms with van der Waals surface area (Å²) in [5, 5.41) is 8.11. The Morgan fingerprint density at radius 2 is 1.91 bits per heavy atom. The number of halogens is 2. The van der Waals surface area contributed by atoms with Crippen molar-refractivity contribution in [2.75, 3.05) is 7.11 Å². The predicted octanol–water partition coefficient (Wildman–Crippen LogP) is -0.0798. The molecule has 0 bridgehead atoms. The van der Waals surface area contributed by atoms with E-state index in [0.29, 0.717) is 0 Å². The molecule has 0 amide bonds. The molecule has 0 aliphatic carbocycles. The maximum absolute atomic E-state index is 11.5. The molecule has 0 saturated heterocycles. The first kappa shape index (κ1) is 9.96. The number of aliphatic carboxylic acids is 1. The molecule has 4 nitrogen and oxygen atoms in total. The molecule has 6 heteroatoms. The van der Waals surface area contributed by atoms with E-state index >= 15 is 0 Å². The lowest BCUT2D eigenvalue weighted by Gasteiger charge is -2.06. The highest BCUT2D eigenvalue weighted by Crippen LogP contribution is 2.02. The zero-order valence-corrected chi connectivity index (χ0v) is 5.58. The van der Waals surface area contributed by atoms with E-state index in [1.54, 1.807) is 0 Å². The van der Waals surface area contributed by atoms with Crippen molar-refractivity contribution in [3.63, 3.8) is 0 Å². The van der Waals surface area contributed by atoms with Crippen LogP contribution in [-0.2, 0) is 14.3 Å². The van der Waals surface area contributed by atoms with Gasteiger partial charge in [0.05, 0.1) is 0 Å². The van der Waals surface area contributed by atoms with Gasteiger partial charge in [-0.25, -0.2) is 13.6 Å². The number of ether oxygens (including phenoxy) is 1. The van der Waals surface area contributed by atoms with E-state index in [-0.39, 0.29) is 0 Å². The van der Waals surface area contributed by atoms with Crippen molar-refractivity contribution in [2.24, 2.45) is 0 Å². The number of rotatable bonds is 4. The largest absolute Gasteiger partial charge is 0.479 e. The molecule has 64 valence electrons. The van der Waals surface area contributed by atoms with Crippen LogP contribution >= 0.6 is 0 Å². The van der Waals surface area contributed by atoms with Gasteiger partial charge in [0.25, 0.3) is 6.43 Å². The molecule has 11 heavy (non-hydrogen) atoms. The highest BCUT2D eigenvalue weighted by Gasteiger charge is 2.32. The average Bonchev–Trinajstić information content (AvgIpc) is 1.88. The van der Waals surface area contributed by atoms with Crippen LogP contribution in [0, 0.1) is 0 Å². The number of methoxy groups -OCH3 is 1. The van der Waals surface area contributed by atoms with E-state index in [4.69, 9.17) is 5.11 Å². The Kier molecular flexibility index (Phi) is 3.59. The van der Waals surface area contributed by atoms with Crippen molar-refractivity contribution in [2.45, 2.75) is 12.5 Å². The minimum Gasteiger partial charge on any atom is -0.479 e. The lowest BCUT2D eigenvalue weighted by atomic mass is 10.2. The fourth-order valence-corrected chi connectivity index (χ4v) is 0.453. The second-order valence-electron chi connectivity index (χ2n) is 1.66. The molecule has 1 atom stereocenters. The van der Waals surface area contributed by atoms with Gasteiger partial charge in [0.2, 0.25) is 11.9 Å². The van der Waals surface area contributed by atoms with Gasteiger partial charge in [0, 0.05) is 7.11 Å². The second-order valence-corrected chi connectivity index (χ2v) is 1.66. The molecule has 0 unspecified atom stereocenters. The Morgan fingerprint density at radius 3 is 2.00 bits per heavy atom. The molecule has 0 saturated carbocycles. The quantitative estimate of drug-likeness (QED) is 0.596. The third kappa shape index (κ3) is 2.58. The topological polar surface area (TPSA) is 63.6 Å². The van der Waals surface area contributed by atoms with Crippen molar-refractivity contribution in [1.82, 2.24) is 0 Å². The number of carboxylic acids is 1. The molecule has 0 spiro atoms. The van der Waals surface area contributed by atoms with Gasteiger partial charge in [-0.1, -0.05) is 0 Å². The Hall–Kier alpha value is -1.04. The van der Waals surface area contributed by atoms with E-state index in [2.05, 4.69) is 4.74 Å². The standard InChI is InChI=1S/C5H6F2O4/c1-11-3(5(9)10)2(8)4(6)7/h3-4H,1H3,(H,9,10)/t3-/m0/s1. The van der Waals surface area contributed by atoms with Gasteiger partial charge in [0.1, 0.15) is 0 Å². The number of hydrogen-bond donors (Lipinski definition) is 1. The summed E-state index contributed by atoms with van der Waals surface area (Å²) in [7, 11) is 0.874. The Morgan fingerprint density at radius 1 is 1.45 bits per heavy atom. The van der Waals surface area contributed by atoms with Gasteiger partial charge in [-0.05, 0) is 0 Å².